The Hall–Kier alpha value is 1.13. The van der Waals surface area contributed by atoms with Crippen LogP contribution in [0.1, 0.15) is 158 Å². The predicted molar refractivity (Wildman–Crippen MR) is 245 cm³/mol. The van der Waals surface area contributed by atoms with E-state index in [9.17, 15) is 0 Å². The van der Waals surface area contributed by atoms with Gasteiger partial charge in [-0.25, -0.2) is 0 Å². The van der Waals surface area contributed by atoms with Gasteiger partial charge in [0.05, 0.1) is 0 Å². The molecule has 0 spiro atoms. The summed E-state index contributed by atoms with van der Waals surface area (Å²) in [6, 6.07) is 0. The number of rotatable bonds is 24. The molecule has 0 saturated carbocycles. The van der Waals surface area contributed by atoms with Crippen LogP contribution in [0.2, 0.25) is 0 Å². The van der Waals surface area contributed by atoms with Crippen LogP contribution < -0.4 is 0 Å². The van der Waals surface area contributed by atoms with E-state index < -0.39 is 0 Å². The molecule has 0 unspecified atom stereocenters. The van der Waals surface area contributed by atoms with Crippen LogP contribution >= 0.6 is 48.9 Å². The molecule has 0 saturated heterocycles. The molecule has 0 amide bonds. The number of hydrogen-bond donors (Lipinski definition) is 0. The standard InChI is InChI=1S/4C9H19NS2.Mo/c4*1-3-5-7-10(9(11)12)8-6-4-2;/h4*3-8H2,1-2H3,(H,11,12);/q;;;;+4/p-4. The van der Waals surface area contributed by atoms with Crippen LogP contribution in [0, 0.1) is 0 Å². The molecule has 0 bridgehead atoms. The second-order valence-electron chi connectivity index (χ2n) is 11.8. The molecular weight excluding hydrogens is 841 g/mol. The second kappa shape index (κ2) is 47.1. The Balaban J connectivity index is -0.000000174. The monoisotopic (exact) mass is 914 g/mol. The Morgan fingerprint density at radius 3 is 0.469 bits per heavy atom. The first-order valence-corrected chi connectivity index (χ1v) is 22.0. The van der Waals surface area contributed by atoms with E-state index in [1.165, 1.54) is 103 Å². The smallest absolute Gasteiger partial charge is 0.411 e. The fraction of sp³-hybridized carbons (Fsp3) is 0.889. The molecular formula is C36H72MoN4S8. The zero-order valence-electron chi connectivity index (χ0n) is 32.4. The van der Waals surface area contributed by atoms with Crippen LogP contribution in [-0.2, 0) is 71.6 Å². The minimum absolute atomic E-state index is 0. The third-order valence-corrected chi connectivity index (χ3v) is 9.35. The van der Waals surface area contributed by atoms with Crippen LogP contribution in [0.4, 0.5) is 0 Å². The van der Waals surface area contributed by atoms with E-state index in [-0.39, 0.29) is 21.1 Å². The second-order valence-corrected chi connectivity index (χ2v) is 16.0. The molecule has 0 aliphatic carbocycles. The first-order valence-electron chi connectivity index (χ1n) is 18.7. The fourth-order valence-electron chi connectivity index (χ4n) is 3.97. The summed E-state index contributed by atoms with van der Waals surface area (Å²) in [5.41, 5.74) is 0. The van der Waals surface area contributed by atoms with E-state index in [1.807, 2.05) is 0 Å². The van der Waals surface area contributed by atoms with Crippen molar-refractivity contribution in [2.24, 2.45) is 0 Å². The van der Waals surface area contributed by atoms with Gasteiger partial charge in [0.25, 0.3) is 0 Å². The third kappa shape index (κ3) is 45.2. The predicted octanol–water partition coefficient (Wildman–Crippen LogP) is 10.9. The van der Waals surface area contributed by atoms with Crippen LogP contribution in [0.15, 0.2) is 0 Å². The Morgan fingerprint density at radius 1 is 0.306 bits per heavy atom. The molecule has 290 valence electrons. The maximum absolute atomic E-state index is 4.98. The van der Waals surface area contributed by atoms with Gasteiger partial charge in [0.1, 0.15) is 0 Å². The summed E-state index contributed by atoms with van der Waals surface area (Å²) in [4.78, 5) is 8.55. The molecule has 0 aliphatic heterocycles. The van der Waals surface area contributed by atoms with Gasteiger partial charge >= 0.3 is 21.1 Å². The van der Waals surface area contributed by atoms with Crippen molar-refractivity contribution in [1.29, 1.82) is 0 Å². The van der Waals surface area contributed by atoms with Crippen molar-refractivity contribution in [2.75, 3.05) is 52.4 Å². The zero-order valence-corrected chi connectivity index (χ0v) is 41.0. The van der Waals surface area contributed by atoms with Gasteiger partial charge in [-0.2, -0.15) is 0 Å². The first-order chi connectivity index (χ1) is 22.9. The normalized spacial score (nSPS) is 9.63. The van der Waals surface area contributed by atoms with E-state index in [0.29, 0.717) is 17.3 Å². The molecule has 0 atom stereocenters. The molecule has 0 N–H and O–H groups in total. The molecule has 0 aromatic heterocycles. The quantitative estimate of drug-likeness (QED) is 0.0520. The Bertz CT molecular complexity index is 598. The summed E-state index contributed by atoms with van der Waals surface area (Å²) in [6.07, 6.45) is 19.2. The molecule has 0 fully saturated rings. The Kier molecular flexibility index (Phi) is 57.2. The van der Waals surface area contributed by atoms with Crippen LogP contribution in [-0.4, -0.2) is 89.2 Å². The Morgan fingerprint density at radius 2 is 0.408 bits per heavy atom. The van der Waals surface area contributed by atoms with Gasteiger partial charge in [0.15, 0.2) is 0 Å². The summed E-state index contributed by atoms with van der Waals surface area (Å²) in [6.45, 7) is 25.8. The largest absolute Gasteiger partial charge is 4.00 e. The summed E-state index contributed by atoms with van der Waals surface area (Å²) in [7, 11) is 0. The van der Waals surface area contributed by atoms with Crippen molar-refractivity contribution < 1.29 is 21.1 Å². The van der Waals surface area contributed by atoms with E-state index in [0.717, 1.165) is 52.4 Å². The van der Waals surface area contributed by atoms with Gasteiger partial charge in [0, 0.05) is 52.4 Å². The zero-order chi connectivity index (χ0) is 37.6. The number of nitrogens with zero attached hydrogens (tertiary/aromatic N) is 4. The van der Waals surface area contributed by atoms with Crippen molar-refractivity contribution in [1.82, 2.24) is 19.6 Å². The van der Waals surface area contributed by atoms with Crippen molar-refractivity contribution in [3.05, 3.63) is 0 Å². The molecule has 0 heterocycles. The molecule has 4 nitrogen and oxygen atoms in total. The molecule has 13 heteroatoms. The number of unbranched alkanes of at least 4 members (excludes halogenated alkanes) is 8. The van der Waals surface area contributed by atoms with Crippen LogP contribution in [0.3, 0.4) is 0 Å². The van der Waals surface area contributed by atoms with Gasteiger partial charge in [-0.15, -0.1) is 0 Å². The molecule has 0 aliphatic rings. The van der Waals surface area contributed by atoms with E-state index in [4.69, 9.17) is 99.4 Å². The van der Waals surface area contributed by atoms with Crippen LogP contribution in [0.25, 0.3) is 0 Å². The van der Waals surface area contributed by atoms with Gasteiger partial charge in [-0.05, 0) is 51.4 Å². The Labute approximate surface area is 364 Å². The molecule has 0 radical (unpaired) electrons. The van der Waals surface area contributed by atoms with Crippen molar-refractivity contribution in [3.63, 3.8) is 0 Å². The summed E-state index contributed by atoms with van der Waals surface area (Å²) in [5, 5.41) is 0. The van der Waals surface area contributed by atoms with Crippen molar-refractivity contribution >= 4 is 117 Å². The van der Waals surface area contributed by atoms with Crippen molar-refractivity contribution in [3.8, 4) is 0 Å². The van der Waals surface area contributed by atoms with E-state index in [2.05, 4.69) is 75.0 Å². The topological polar surface area (TPSA) is 13.0 Å². The molecule has 0 aromatic rings. The van der Waals surface area contributed by atoms with Gasteiger partial charge in [-0.3, -0.25) is 0 Å². The molecule has 49 heavy (non-hydrogen) atoms. The third-order valence-electron chi connectivity index (χ3n) is 7.29. The first kappa shape index (κ1) is 59.4. The van der Waals surface area contributed by atoms with E-state index >= 15 is 0 Å². The van der Waals surface area contributed by atoms with Gasteiger partial charge in [0.2, 0.25) is 0 Å². The average molecular weight is 913 g/mol. The minimum atomic E-state index is 0. The maximum Gasteiger partial charge on any atom is 4.00 e. The van der Waals surface area contributed by atoms with Crippen molar-refractivity contribution in [2.45, 2.75) is 158 Å². The minimum Gasteiger partial charge on any atom is -0.411 e. The fourth-order valence-corrected chi connectivity index (χ4v) is 5.43. The van der Waals surface area contributed by atoms with Gasteiger partial charge in [-0.1, -0.05) is 124 Å². The molecule has 0 rings (SSSR count). The average Bonchev–Trinajstić information content (AvgIpc) is 3.05. The van der Waals surface area contributed by atoms with E-state index in [1.54, 1.807) is 0 Å². The SMILES string of the molecule is CCCCN(CCCC)C(=S)[S-].CCCCN(CCCC)C(=S)[S-].CCCCN(CCCC)C(=S)[S-].CCCCN(CCCC)C(=S)[S-].[Mo+4]. The number of hydrogen-bond acceptors (Lipinski definition) is 8. The summed E-state index contributed by atoms with van der Waals surface area (Å²) >= 11 is 39.9. The maximum atomic E-state index is 4.98. The molecule has 0 aromatic carbocycles. The van der Waals surface area contributed by atoms with Gasteiger partial charge < -0.3 is 119 Å². The van der Waals surface area contributed by atoms with Crippen LogP contribution in [0.5, 0.6) is 0 Å². The summed E-state index contributed by atoms with van der Waals surface area (Å²) in [5.74, 6) is 0. The summed E-state index contributed by atoms with van der Waals surface area (Å²) < 4.78 is 2.54. The number of thiocarbonyl (C=S) groups is 4.